The molecule has 0 unspecified atom stereocenters. The van der Waals surface area contributed by atoms with Gasteiger partial charge in [0, 0.05) is 0 Å². The van der Waals surface area contributed by atoms with Gasteiger partial charge in [0.25, 0.3) is 0 Å². The molecule has 4 N–H and O–H groups in total. The zero-order valence-corrected chi connectivity index (χ0v) is 7.94. The van der Waals surface area contributed by atoms with Crippen LogP contribution in [0.3, 0.4) is 0 Å². The molecule has 4 atom stereocenters. The molecule has 1 aliphatic heterocycles. The maximum absolute atomic E-state index is 5.86. The molecule has 0 amide bonds. The summed E-state index contributed by atoms with van der Waals surface area (Å²) in [6, 6.07) is -0.210. The van der Waals surface area contributed by atoms with Crippen molar-refractivity contribution in [2.75, 3.05) is 0 Å². The Bertz CT molecular complexity index is 218. The number of nitrogens with two attached hydrogens (primary N) is 2. The molecule has 1 aliphatic carbocycles. The summed E-state index contributed by atoms with van der Waals surface area (Å²) in [5.41, 5.74) is 11.7. The Kier molecular flexibility index (Phi) is 1.96. The molecule has 0 aromatic rings. The normalized spacial score (nSPS) is 47.7. The van der Waals surface area contributed by atoms with Crippen LogP contribution in [0.2, 0.25) is 0 Å². The molecule has 1 fully saturated rings. The lowest BCUT2D eigenvalue weighted by Gasteiger charge is -2.28. The fraction of sp³-hybridized carbons (Fsp3) is 0.778. The third kappa shape index (κ3) is 1.50. The summed E-state index contributed by atoms with van der Waals surface area (Å²) in [4.78, 5) is 0. The van der Waals surface area contributed by atoms with Crippen LogP contribution < -0.4 is 11.5 Å². The Morgan fingerprint density at radius 3 is 1.77 bits per heavy atom. The maximum Gasteiger partial charge on any atom is 0.163 e. The number of ether oxygens (including phenoxy) is 2. The molecule has 1 heterocycles. The van der Waals surface area contributed by atoms with E-state index in [0.29, 0.717) is 0 Å². The molecule has 0 radical (unpaired) electrons. The Morgan fingerprint density at radius 1 is 1.00 bits per heavy atom. The third-order valence-electron chi connectivity index (χ3n) is 2.48. The molecule has 74 valence electrons. The summed E-state index contributed by atoms with van der Waals surface area (Å²) < 4.78 is 11.3. The largest absolute Gasteiger partial charge is 0.343 e. The first-order valence-electron chi connectivity index (χ1n) is 4.55. The van der Waals surface area contributed by atoms with Crippen molar-refractivity contribution in [1.29, 1.82) is 0 Å². The van der Waals surface area contributed by atoms with Crippen molar-refractivity contribution in [2.24, 2.45) is 11.5 Å². The van der Waals surface area contributed by atoms with Crippen molar-refractivity contribution in [3.05, 3.63) is 12.2 Å². The first kappa shape index (κ1) is 9.15. The van der Waals surface area contributed by atoms with Gasteiger partial charge in [0.2, 0.25) is 0 Å². The smallest absolute Gasteiger partial charge is 0.163 e. The average molecular weight is 184 g/mol. The van der Waals surface area contributed by atoms with Gasteiger partial charge in [0.05, 0.1) is 12.1 Å². The standard InChI is InChI=1S/C9H16N2O2/c1-9(2)12-7-5(10)3-4-6(11)8(7)13-9/h3-8H,10-11H2,1-2H3/t5-,6+,7+,8-. The average Bonchev–Trinajstić information content (AvgIpc) is 2.35. The molecule has 13 heavy (non-hydrogen) atoms. The Labute approximate surface area is 77.9 Å². The molecular formula is C9H16N2O2. The van der Waals surface area contributed by atoms with E-state index in [-0.39, 0.29) is 24.3 Å². The summed E-state index contributed by atoms with van der Waals surface area (Å²) in [5.74, 6) is -0.559. The number of fused-ring (bicyclic) bond motifs is 1. The number of hydrogen-bond donors (Lipinski definition) is 2. The van der Waals surface area contributed by atoms with Crippen molar-refractivity contribution in [3.8, 4) is 0 Å². The second kappa shape index (κ2) is 2.78. The van der Waals surface area contributed by atoms with Gasteiger partial charge in [-0.05, 0) is 13.8 Å². The van der Waals surface area contributed by atoms with E-state index in [9.17, 15) is 0 Å². The monoisotopic (exact) mass is 184 g/mol. The molecule has 0 bridgehead atoms. The molecule has 4 heteroatoms. The van der Waals surface area contributed by atoms with Gasteiger partial charge in [0.1, 0.15) is 12.2 Å². The molecule has 4 nitrogen and oxygen atoms in total. The van der Waals surface area contributed by atoms with Crippen LogP contribution in [0.25, 0.3) is 0 Å². The highest BCUT2D eigenvalue weighted by Gasteiger charge is 2.47. The van der Waals surface area contributed by atoms with Crippen molar-refractivity contribution < 1.29 is 9.47 Å². The topological polar surface area (TPSA) is 70.5 Å². The molecular weight excluding hydrogens is 168 g/mol. The fourth-order valence-corrected chi connectivity index (χ4v) is 1.89. The third-order valence-corrected chi connectivity index (χ3v) is 2.48. The number of rotatable bonds is 0. The van der Waals surface area contributed by atoms with Crippen molar-refractivity contribution >= 4 is 0 Å². The molecule has 2 rings (SSSR count). The van der Waals surface area contributed by atoms with Crippen LogP contribution in [0, 0.1) is 0 Å². The highest BCUT2D eigenvalue weighted by Crippen LogP contribution is 2.33. The van der Waals surface area contributed by atoms with Crippen LogP contribution in [-0.4, -0.2) is 30.1 Å². The molecule has 0 aromatic carbocycles. The lowest BCUT2D eigenvalue weighted by molar-refractivity contribution is -0.147. The van der Waals surface area contributed by atoms with E-state index in [0.717, 1.165) is 0 Å². The molecule has 2 aliphatic rings. The van der Waals surface area contributed by atoms with Crippen LogP contribution in [0.5, 0.6) is 0 Å². The van der Waals surface area contributed by atoms with E-state index in [4.69, 9.17) is 20.9 Å². The van der Waals surface area contributed by atoms with Crippen LogP contribution in [0.1, 0.15) is 13.8 Å². The molecule has 0 spiro atoms. The van der Waals surface area contributed by atoms with Gasteiger partial charge in [0.15, 0.2) is 5.79 Å². The van der Waals surface area contributed by atoms with E-state index < -0.39 is 5.79 Å². The Balaban J connectivity index is 2.21. The van der Waals surface area contributed by atoms with Gasteiger partial charge in [-0.25, -0.2) is 0 Å². The second-order valence-corrected chi connectivity index (χ2v) is 4.10. The number of hydrogen-bond acceptors (Lipinski definition) is 4. The lowest BCUT2D eigenvalue weighted by atomic mass is 9.94. The quantitative estimate of drug-likeness (QED) is 0.508. The van der Waals surface area contributed by atoms with E-state index in [1.165, 1.54) is 0 Å². The summed E-state index contributed by atoms with van der Waals surface area (Å²) in [6.07, 6.45) is 3.57. The first-order valence-corrected chi connectivity index (χ1v) is 4.55. The fourth-order valence-electron chi connectivity index (χ4n) is 1.89. The van der Waals surface area contributed by atoms with Crippen molar-refractivity contribution in [2.45, 2.75) is 43.9 Å². The molecule has 0 saturated carbocycles. The van der Waals surface area contributed by atoms with Crippen molar-refractivity contribution in [1.82, 2.24) is 0 Å². The van der Waals surface area contributed by atoms with Crippen LogP contribution in [0.15, 0.2) is 12.2 Å². The summed E-state index contributed by atoms with van der Waals surface area (Å²) in [5, 5.41) is 0. The molecule has 1 saturated heterocycles. The zero-order valence-electron chi connectivity index (χ0n) is 7.94. The van der Waals surface area contributed by atoms with Crippen molar-refractivity contribution in [3.63, 3.8) is 0 Å². The van der Waals surface area contributed by atoms with Gasteiger partial charge in [-0.15, -0.1) is 0 Å². The van der Waals surface area contributed by atoms with E-state index in [1.54, 1.807) is 0 Å². The summed E-state index contributed by atoms with van der Waals surface area (Å²) in [6.45, 7) is 3.76. The minimum absolute atomic E-state index is 0.102. The predicted molar refractivity (Wildman–Crippen MR) is 48.9 cm³/mol. The van der Waals surface area contributed by atoms with Gasteiger partial charge in [-0.3, -0.25) is 0 Å². The minimum atomic E-state index is -0.559. The predicted octanol–water partition coefficient (Wildman–Crippen LogP) is -0.269. The Hall–Kier alpha value is -0.420. The van der Waals surface area contributed by atoms with Gasteiger partial charge >= 0.3 is 0 Å². The van der Waals surface area contributed by atoms with Crippen LogP contribution in [-0.2, 0) is 9.47 Å². The van der Waals surface area contributed by atoms with Gasteiger partial charge in [-0.2, -0.15) is 0 Å². The zero-order chi connectivity index (χ0) is 9.64. The first-order chi connectivity index (χ1) is 5.99. The van der Waals surface area contributed by atoms with E-state index in [1.807, 2.05) is 26.0 Å². The second-order valence-electron chi connectivity index (χ2n) is 4.10. The summed E-state index contributed by atoms with van der Waals surface area (Å²) >= 11 is 0. The maximum atomic E-state index is 5.86. The van der Waals surface area contributed by atoms with Gasteiger partial charge < -0.3 is 20.9 Å². The van der Waals surface area contributed by atoms with E-state index in [2.05, 4.69) is 0 Å². The lowest BCUT2D eigenvalue weighted by Crippen LogP contribution is -2.51. The minimum Gasteiger partial charge on any atom is -0.343 e. The Morgan fingerprint density at radius 2 is 1.38 bits per heavy atom. The highest BCUT2D eigenvalue weighted by atomic mass is 16.8. The summed E-state index contributed by atoms with van der Waals surface area (Å²) in [7, 11) is 0. The van der Waals surface area contributed by atoms with Gasteiger partial charge in [-0.1, -0.05) is 12.2 Å². The SMILES string of the molecule is CC1(C)O[C@@H]2[C@H](O1)[C@@H](N)C=C[C@H]2N. The van der Waals surface area contributed by atoms with E-state index >= 15 is 0 Å². The molecule has 0 aromatic heterocycles. The van der Waals surface area contributed by atoms with Crippen LogP contribution >= 0.6 is 0 Å². The van der Waals surface area contributed by atoms with Crippen LogP contribution in [0.4, 0.5) is 0 Å². The highest BCUT2D eigenvalue weighted by molar-refractivity contribution is 5.14.